The average molecular weight is 334 g/mol. The van der Waals surface area contributed by atoms with Gasteiger partial charge in [-0.15, -0.1) is 0 Å². The normalized spacial score (nSPS) is 12.2. The van der Waals surface area contributed by atoms with Crippen molar-refractivity contribution in [2.45, 2.75) is 33.4 Å². The van der Waals surface area contributed by atoms with Crippen molar-refractivity contribution in [1.82, 2.24) is 0 Å². The third-order valence-corrected chi connectivity index (χ3v) is 3.97. The Hall–Kier alpha value is -1.32. The number of ether oxygens (including phenoxy) is 1. The molecule has 3 heteroatoms. The summed E-state index contributed by atoms with van der Waals surface area (Å²) >= 11 is 3.47. The highest BCUT2D eigenvalue weighted by Gasteiger charge is 2.10. The van der Waals surface area contributed by atoms with Crippen LogP contribution in [0.15, 0.2) is 40.9 Å². The maximum absolute atomic E-state index is 6.01. The van der Waals surface area contributed by atoms with Crippen LogP contribution in [-0.2, 0) is 6.61 Å². The Labute approximate surface area is 129 Å². The van der Waals surface area contributed by atoms with E-state index in [9.17, 15) is 0 Å². The first-order valence-corrected chi connectivity index (χ1v) is 7.51. The van der Waals surface area contributed by atoms with Gasteiger partial charge in [0.2, 0.25) is 0 Å². The van der Waals surface area contributed by atoms with Crippen molar-refractivity contribution in [2.24, 2.45) is 5.73 Å². The number of benzene rings is 2. The van der Waals surface area contributed by atoms with E-state index in [0.29, 0.717) is 6.61 Å². The maximum atomic E-state index is 6.01. The van der Waals surface area contributed by atoms with Crippen LogP contribution in [0.25, 0.3) is 0 Å². The fraction of sp³-hybridized carbons (Fsp3) is 0.294. The largest absolute Gasteiger partial charge is 0.489 e. The van der Waals surface area contributed by atoms with Crippen LogP contribution in [0.4, 0.5) is 0 Å². The maximum Gasteiger partial charge on any atom is 0.124 e. The number of halogens is 1. The van der Waals surface area contributed by atoms with Crippen LogP contribution >= 0.6 is 15.9 Å². The molecule has 2 nitrogen and oxygen atoms in total. The summed E-state index contributed by atoms with van der Waals surface area (Å²) in [6.07, 6.45) is 0. The summed E-state index contributed by atoms with van der Waals surface area (Å²) in [6.45, 7) is 6.76. The highest BCUT2D eigenvalue weighted by Crippen LogP contribution is 2.28. The van der Waals surface area contributed by atoms with Crippen LogP contribution in [0, 0.1) is 13.8 Å². The molecule has 0 aliphatic carbocycles. The second-order valence-electron chi connectivity index (χ2n) is 5.13. The van der Waals surface area contributed by atoms with E-state index in [1.54, 1.807) is 0 Å². The molecule has 0 saturated heterocycles. The van der Waals surface area contributed by atoms with E-state index in [2.05, 4.69) is 48.0 Å². The zero-order valence-corrected chi connectivity index (χ0v) is 13.7. The van der Waals surface area contributed by atoms with E-state index in [0.717, 1.165) is 15.8 Å². The van der Waals surface area contributed by atoms with Crippen molar-refractivity contribution >= 4 is 15.9 Å². The number of nitrogens with two attached hydrogens (primary N) is 1. The summed E-state index contributed by atoms with van der Waals surface area (Å²) in [5.74, 6) is 0.853. The van der Waals surface area contributed by atoms with Gasteiger partial charge in [-0.3, -0.25) is 0 Å². The average Bonchev–Trinajstić information content (AvgIpc) is 2.39. The van der Waals surface area contributed by atoms with E-state index >= 15 is 0 Å². The molecule has 2 aromatic rings. The molecule has 2 rings (SSSR count). The molecule has 0 saturated carbocycles. The Morgan fingerprint density at radius 2 is 1.80 bits per heavy atom. The molecule has 2 N–H and O–H groups in total. The second kappa shape index (κ2) is 6.42. The van der Waals surface area contributed by atoms with E-state index in [4.69, 9.17) is 10.5 Å². The van der Waals surface area contributed by atoms with Crippen LogP contribution in [-0.4, -0.2) is 0 Å². The molecular weight excluding hydrogens is 314 g/mol. The molecule has 20 heavy (non-hydrogen) atoms. The van der Waals surface area contributed by atoms with Crippen molar-refractivity contribution < 1.29 is 4.74 Å². The molecule has 0 spiro atoms. The lowest BCUT2D eigenvalue weighted by Gasteiger charge is -2.16. The van der Waals surface area contributed by atoms with Crippen molar-refractivity contribution in [3.63, 3.8) is 0 Å². The van der Waals surface area contributed by atoms with Crippen molar-refractivity contribution in [2.75, 3.05) is 0 Å². The van der Waals surface area contributed by atoms with Gasteiger partial charge in [-0.1, -0.05) is 34.1 Å². The topological polar surface area (TPSA) is 35.2 Å². The summed E-state index contributed by atoms with van der Waals surface area (Å²) in [6, 6.07) is 12.2. The highest BCUT2D eigenvalue weighted by molar-refractivity contribution is 9.10. The van der Waals surface area contributed by atoms with Crippen LogP contribution in [0.5, 0.6) is 5.75 Å². The van der Waals surface area contributed by atoms with Crippen LogP contribution < -0.4 is 10.5 Å². The monoisotopic (exact) mass is 333 g/mol. The van der Waals surface area contributed by atoms with Gasteiger partial charge in [0, 0.05) is 16.1 Å². The minimum absolute atomic E-state index is 0.0551. The van der Waals surface area contributed by atoms with Gasteiger partial charge >= 0.3 is 0 Å². The molecule has 0 radical (unpaired) electrons. The molecule has 0 aliphatic rings. The molecule has 0 amide bonds. The third-order valence-electron chi connectivity index (χ3n) is 3.48. The molecule has 1 atom stereocenters. The summed E-state index contributed by atoms with van der Waals surface area (Å²) in [7, 11) is 0. The fourth-order valence-corrected chi connectivity index (χ4v) is 2.61. The standard InChI is InChI=1S/C17H20BrNO/c1-11-5-4-6-12(2)16(11)10-20-17-8-7-14(18)9-15(17)13(3)19/h4-9,13H,10,19H2,1-3H3/t13-/m0/s1. The smallest absolute Gasteiger partial charge is 0.124 e. The summed E-state index contributed by atoms with van der Waals surface area (Å²) in [5.41, 5.74) is 10.8. The molecule has 0 unspecified atom stereocenters. The zero-order chi connectivity index (χ0) is 14.7. The van der Waals surface area contributed by atoms with Crippen molar-refractivity contribution in [1.29, 1.82) is 0 Å². The Balaban J connectivity index is 2.23. The Kier molecular flexibility index (Phi) is 4.84. The summed E-state index contributed by atoms with van der Waals surface area (Å²) < 4.78 is 7.02. The third kappa shape index (κ3) is 3.41. The summed E-state index contributed by atoms with van der Waals surface area (Å²) in [4.78, 5) is 0. The number of hydrogen-bond donors (Lipinski definition) is 1. The molecule has 106 valence electrons. The lowest BCUT2D eigenvalue weighted by atomic mass is 10.0. The van der Waals surface area contributed by atoms with Gasteiger partial charge in [0.25, 0.3) is 0 Å². The first-order valence-electron chi connectivity index (χ1n) is 6.72. The molecule has 0 heterocycles. The predicted molar refractivity (Wildman–Crippen MR) is 87.0 cm³/mol. The van der Waals surface area contributed by atoms with E-state index < -0.39 is 0 Å². The minimum Gasteiger partial charge on any atom is -0.489 e. The van der Waals surface area contributed by atoms with E-state index in [1.165, 1.54) is 16.7 Å². The van der Waals surface area contributed by atoms with Gasteiger partial charge < -0.3 is 10.5 Å². The van der Waals surface area contributed by atoms with Gasteiger partial charge in [0.15, 0.2) is 0 Å². The Bertz CT molecular complexity index is 588. The fourth-order valence-electron chi connectivity index (χ4n) is 2.23. The molecule has 0 fully saturated rings. The predicted octanol–water partition coefficient (Wildman–Crippen LogP) is 4.66. The van der Waals surface area contributed by atoms with E-state index in [1.807, 2.05) is 25.1 Å². The first kappa shape index (κ1) is 15.1. The zero-order valence-electron chi connectivity index (χ0n) is 12.1. The lowest BCUT2D eigenvalue weighted by molar-refractivity contribution is 0.300. The SMILES string of the molecule is Cc1cccc(C)c1COc1ccc(Br)cc1[C@H](C)N. The van der Waals surface area contributed by atoms with Gasteiger partial charge in [-0.05, 0) is 55.7 Å². The summed E-state index contributed by atoms with van der Waals surface area (Å²) in [5, 5.41) is 0. The van der Waals surface area contributed by atoms with Gasteiger partial charge in [-0.25, -0.2) is 0 Å². The Morgan fingerprint density at radius 1 is 1.15 bits per heavy atom. The molecular formula is C17H20BrNO. The number of hydrogen-bond acceptors (Lipinski definition) is 2. The molecule has 0 aromatic heterocycles. The Morgan fingerprint density at radius 3 is 2.40 bits per heavy atom. The number of aryl methyl sites for hydroxylation is 2. The number of rotatable bonds is 4. The highest BCUT2D eigenvalue weighted by atomic mass is 79.9. The van der Waals surface area contributed by atoms with Gasteiger partial charge in [0.1, 0.15) is 12.4 Å². The van der Waals surface area contributed by atoms with Crippen molar-refractivity contribution in [3.8, 4) is 5.75 Å². The molecule has 0 bridgehead atoms. The van der Waals surface area contributed by atoms with E-state index in [-0.39, 0.29) is 6.04 Å². The quantitative estimate of drug-likeness (QED) is 0.882. The van der Waals surface area contributed by atoms with Crippen LogP contribution in [0.2, 0.25) is 0 Å². The first-order chi connectivity index (χ1) is 9.49. The van der Waals surface area contributed by atoms with Crippen molar-refractivity contribution in [3.05, 3.63) is 63.1 Å². The van der Waals surface area contributed by atoms with Gasteiger partial charge in [-0.2, -0.15) is 0 Å². The second-order valence-corrected chi connectivity index (χ2v) is 6.05. The van der Waals surface area contributed by atoms with Crippen LogP contribution in [0.3, 0.4) is 0 Å². The molecule has 0 aliphatic heterocycles. The lowest BCUT2D eigenvalue weighted by Crippen LogP contribution is -2.09. The van der Waals surface area contributed by atoms with Gasteiger partial charge in [0.05, 0.1) is 0 Å². The minimum atomic E-state index is -0.0551. The molecule has 2 aromatic carbocycles. The van der Waals surface area contributed by atoms with Crippen LogP contribution in [0.1, 0.15) is 35.2 Å².